The summed E-state index contributed by atoms with van der Waals surface area (Å²) in [6.07, 6.45) is 24.5. The fourth-order valence-corrected chi connectivity index (χ4v) is 3.55. The van der Waals surface area contributed by atoms with E-state index in [0.717, 1.165) is 12.8 Å². The molecule has 0 bridgehead atoms. The Kier molecular flexibility index (Phi) is 21.2. The number of hydrogen-bond acceptors (Lipinski definition) is 3. The van der Waals surface area contributed by atoms with Gasteiger partial charge in [-0.1, -0.05) is 116 Å². The van der Waals surface area contributed by atoms with E-state index in [0.29, 0.717) is 6.42 Å². The van der Waals surface area contributed by atoms with E-state index in [1.807, 2.05) is 6.08 Å². The van der Waals surface area contributed by atoms with E-state index >= 15 is 0 Å². The van der Waals surface area contributed by atoms with Gasteiger partial charge in [0.2, 0.25) is 5.91 Å². The highest BCUT2D eigenvalue weighted by Gasteiger charge is 2.17. The van der Waals surface area contributed by atoms with E-state index in [4.69, 9.17) is 0 Å². The first-order chi connectivity index (χ1) is 14.2. The van der Waals surface area contributed by atoms with Gasteiger partial charge in [-0.15, -0.1) is 0 Å². The Bertz CT molecular complexity index is 384. The van der Waals surface area contributed by atoms with Crippen molar-refractivity contribution in [2.24, 2.45) is 0 Å². The Hall–Kier alpha value is -0.870. The van der Waals surface area contributed by atoms with Crippen molar-refractivity contribution in [3.63, 3.8) is 0 Å². The van der Waals surface area contributed by atoms with Crippen LogP contribution < -0.4 is 5.32 Å². The van der Waals surface area contributed by atoms with Crippen molar-refractivity contribution in [2.75, 3.05) is 6.61 Å². The van der Waals surface area contributed by atoms with Crippen molar-refractivity contribution in [2.45, 2.75) is 135 Å². The fraction of sp³-hybridized carbons (Fsp3) is 0.880. The summed E-state index contributed by atoms with van der Waals surface area (Å²) in [5, 5.41) is 21.9. The summed E-state index contributed by atoms with van der Waals surface area (Å²) in [5.74, 6) is -0.154. The summed E-state index contributed by atoms with van der Waals surface area (Å²) < 4.78 is 0. The van der Waals surface area contributed by atoms with Crippen molar-refractivity contribution in [1.29, 1.82) is 0 Å². The molecule has 0 radical (unpaired) electrons. The van der Waals surface area contributed by atoms with Crippen molar-refractivity contribution in [1.82, 2.24) is 5.32 Å². The highest BCUT2D eigenvalue weighted by molar-refractivity contribution is 5.75. The van der Waals surface area contributed by atoms with Crippen LogP contribution in [0.3, 0.4) is 0 Å². The summed E-state index contributed by atoms with van der Waals surface area (Å²) in [7, 11) is 0. The van der Waals surface area contributed by atoms with E-state index in [-0.39, 0.29) is 12.5 Å². The molecular weight excluding hydrogens is 362 g/mol. The molecule has 0 aliphatic carbocycles. The number of amides is 1. The zero-order valence-corrected chi connectivity index (χ0v) is 19.3. The summed E-state index contributed by atoms with van der Waals surface area (Å²) in [6, 6.07) is -0.611. The molecule has 0 saturated heterocycles. The van der Waals surface area contributed by atoms with Gasteiger partial charge in [0.15, 0.2) is 0 Å². The van der Waals surface area contributed by atoms with Crippen LogP contribution in [0, 0.1) is 0 Å². The van der Waals surface area contributed by atoms with Crippen LogP contribution in [0.2, 0.25) is 0 Å². The molecule has 4 heteroatoms. The van der Waals surface area contributed by atoms with Crippen LogP contribution in [0.25, 0.3) is 0 Å². The van der Waals surface area contributed by atoms with Crippen molar-refractivity contribution in [3.8, 4) is 0 Å². The topological polar surface area (TPSA) is 69.6 Å². The molecule has 3 N–H and O–H groups in total. The zero-order chi connectivity index (χ0) is 21.6. The maximum atomic E-state index is 11.4. The number of unbranched alkanes of at least 4 members (excludes halogenated alkanes) is 15. The number of carbonyl (C=O) groups is 1. The second-order valence-electron chi connectivity index (χ2n) is 8.37. The number of aliphatic hydroxyl groups is 2. The van der Waals surface area contributed by atoms with Gasteiger partial charge in [0.25, 0.3) is 0 Å². The lowest BCUT2D eigenvalue weighted by molar-refractivity contribution is -0.122. The van der Waals surface area contributed by atoms with E-state index in [9.17, 15) is 15.0 Å². The molecule has 0 aliphatic heterocycles. The van der Waals surface area contributed by atoms with Gasteiger partial charge in [-0.2, -0.15) is 0 Å². The van der Waals surface area contributed by atoms with Crippen LogP contribution in [-0.2, 0) is 4.79 Å². The largest absolute Gasteiger partial charge is 0.394 e. The average molecular weight is 412 g/mol. The first kappa shape index (κ1) is 28.1. The highest BCUT2D eigenvalue weighted by Crippen LogP contribution is 2.13. The number of hydrogen-bond donors (Lipinski definition) is 3. The maximum absolute atomic E-state index is 11.4. The molecular formula is C25H49NO3. The van der Waals surface area contributed by atoms with Gasteiger partial charge < -0.3 is 15.5 Å². The van der Waals surface area contributed by atoms with Crippen LogP contribution in [0.1, 0.15) is 123 Å². The monoisotopic (exact) mass is 411 g/mol. The van der Waals surface area contributed by atoms with E-state index in [1.54, 1.807) is 13.0 Å². The quantitative estimate of drug-likeness (QED) is 0.159. The van der Waals surface area contributed by atoms with E-state index < -0.39 is 12.1 Å². The molecule has 0 rings (SSSR count). The van der Waals surface area contributed by atoms with Crippen LogP contribution in [0.15, 0.2) is 12.2 Å². The number of allylic oxidation sites excluding steroid dienone is 1. The van der Waals surface area contributed by atoms with Gasteiger partial charge in [0.05, 0.1) is 18.8 Å². The maximum Gasteiger partial charge on any atom is 0.220 e. The van der Waals surface area contributed by atoms with Crippen LogP contribution in [-0.4, -0.2) is 34.9 Å². The van der Waals surface area contributed by atoms with Crippen LogP contribution >= 0.6 is 0 Å². The van der Waals surface area contributed by atoms with Gasteiger partial charge >= 0.3 is 0 Å². The fourth-order valence-electron chi connectivity index (χ4n) is 3.55. The molecule has 4 nitrogen and oxygen atoms in total. The molecule has 29 heavy (non-hydrogen) atoms. The molecule has 0 fully saturated rings. The third kappa shape index (κ3) is 18.9. The number of nitrogens with one attached hydrogen (secondary N) is 1. The lowest BCUT2D eigenvalue weighted by atomic mass is 10.0. The molecule has 0 aromatic heterocycles. The van der Waals surface area contributed by atoms with Crippen molar-refractivity contribution < 1.29 is 15.0 Å². The summed E-state index contributed by atoms with van der Waals surface area (Å²) in [4.78, 5) is 11.4. The molecule has 1 amide bonds. The van der Waals surface area contributed by atoms with Gasteiger partial charge in [0, 0.05) is 6.42 Å². The minimum atomic E-state index is -0.827. The number of aliphatic hydroxyl groups excluding tert-OH is 2. The third-order valence-electron chi connectivity index (χ3n) is 5.58. The van der Waals surface area contributed by atoms with Gasteiger partial charge in [-0.3, -0.25) is 4.79 Å². The first-order valence-corrected chi connectivity index (χ1v) is 12.4. The number of carbonyl (C=O) groups excluding carboxylic acids is 1. The minimum absolute atomic E-state index is 0.154. The standard InChI is InChI=1S/C25H49NO3/c1-3-5-6-7-8-9-10-11-12-13-14-15-16-17-18-19-20-21-24(28)23(22-27)26-25(29)4-2/h20-21,23-24,27-28H,3-19,22H2,1-2H3,(H,26,29)/b21-20+. The van der Waals surface area contributed by atoms with Gasteiger partial charge in [0.1, 0.15) is 0 Å². The molecule has 0 spiro atoms. The first-order valence-electron chi connectivity index (χ1n) is 12.4. The smallest absolute Gasteiger partial charge is 0.220 e. The molecule has 0 aromatic rings. The Morgan fingerprint density at radius 2 is 1.24 bits per heavy atom. The molecule has 2 atom stereocenters. The highest BCUT2D eigenvalue weighted by atomic mass is 16.3. The Morgan fingerprint density at radius 1 is 0.793 bits per heavy atom. The summed E-state index contributed by atoms with van der Waals surface area (Å²) in [5.41, 5.74) is 0. The predicted octanol–water partition coefficient (Wildman–Crippen LogP) is 6.05. The normalized spacial score (nSPS) is 13.7. The Balaban J connectivity index is 3.41. The van der Waals surface area contributed by atoms with E-state index in [2.05, 4.69) is 12.2 Å². The van der Waals surface area contributed by atoms with Gasteiger partial charge in [-0.25, -0.2) is 0 Å². The van der Waals surface area contributed by atoms with Crippen molar-refractivity contribution in [3.05, 3.63) is 12.2 Å². The van der Waals surface area contributed by atoms with E-state index in [1.165, 1.54) is 89.9 Å². The second kappa shape index (κ2) is 21.8. The number of rotatable bonds is 21. The molecule has 2 unspecified atom stereocenters. The third-order valence-corrected chi connectivity index (χ3v) is 5.58. The lowest BCUT2D eigenvalue weighted by Gasteiger charge is -2.19. The van der Waals surface area contributed by atoms with Crippen molar-refractivity contribution >= 4 is 5.91 Å². The molecule has 0 heterocycles. The van der Waals surface area contributed by atoms with Crippen LogP contribution in [0.4, 0.5) is 0 Å². The average Bonchev–Trinajstić information content (AvgIpc) is 2.73. The lowest BCUT2D eigenvalue weighted by Crippen LogP contribution is -2.44. The molecule has 0 saturated carbocycles. The SMILES string of the molecule is CCCCCCCCCCCCCCCCC/C=C/C(O)C(CO)NC(=O)CC. The van der Waals surface area contributed by atoms with Gasteiger partial charge in [-0.05, 0) is 12.8 Å². The molecule has 172 valence electrons. The zero-order valence-electron chi connectivity index (χ0n) is 19.3. The predicted molar refractivity (Wildman–Crippen MR) is 124 cm³/mol. The second-order valence-corrected chi connectivity index (χ2v) is 8.37. The summed E-state index contributed by atoms with van der Waals surface area (Å²) >= 11 is 0. The Labute approximate surface area is 180 Å². The Morgan fingerprint density at radius 3 is 1.66 bits per heavy atom. The summed E-state index contributed by atoms with van der Waals surface area (Å²) in [6.45, 7) is 3.77. The van der Waals surface area contributed by atoms with Crippen LogP contribution in [0.5, 0.6) is 0 Å². The molecule has 0 aromatic carbocycles. The molecule has 0 aliphatic rings. The minimum Gasteiger partial charge on any atom is -0.394 e.